The van der Waals surface area contributed by atoms with Gasteiger partial charge >= 0.3 is 0 Å². The van der Waals surface area contributed by atoms with Crippen LogP contribution >= 0.6 is 11.6 Å². The van der Waals surface area contributed by atoms with Gasteiger partial charge in [0.2, 0.25) is 5.91 Å². The molecule has 0 spiro atoms. The summed E-state index contributed by atoms with van der Waals surface area (Å²) >= 11 is 5.91. The third-order valence-electron chi connectivity index (χ3n) is 3.28. The molecule has 120 valence electrons. The lowest BCUT2D eigenvalue weighted by Crippen LogP contribution is -2.23. The quantitative estimate of drug-likeness (QED) is 0.874. The van der Waals surface area contributed by atoms with Gasteiger partial charge in [-0.1, -0.05) is 37.6 Å². The van der Waals surface area contributed by atoms with E-state index in [9.17, 15) is 9.59 Å². The van der Waals surface area contributed by atoms with Gasteiger partial charge in [-0.3, -0.25) is 9.59 Å². The van der Waals surface area contributed by atoms with Crippen molar-refractivity contribution >= 4 is 29.1 Å². The summed E-state index contributed by atoms with van der Waals surface area (Å²) in [6.07, 6.45) is 0. The Balaban J connectivity index is 1.93. The molecule has 0 saturated heterocycles. The van der Waals surface area contributed by atoms with Gasteiger partial charge in [0, 0.05) is 28.7 Å². The van der Waals surface area contributed by atoms with Crippen molar-refractivity contribution in [3.05, 3.63) is 64.7 Å². The normalized spacial score (nSPS) is 10.4. The Hall–Kier alpha value is -2.33. The average Bonchev–Trinajstić information content (AvgIpc) is 2.53. The van der Waals surface area contributed by atoms with E-state index in [2.05, 4.69) is 10.6 Å². The molecule has 0 atom stereocenters. The largest absolute Gasteiger partial charge is 0.348 e. The smallest absolute Gasteiger partial charge is 0.251 e. The van der Waals surface area contributed by atoms with E-state index >= 15 is 0 Å². The second-order valence-corrected chi connectivity index (χ2v) is 5.97. The van der Waals surface area contributed by atoms with E-state index in [4.69, 9.17) is 11.6 Å². The lowest BCUT2D eigenvalue weighted by Gasteiger charge is -2.09. The number of halogens is 1. The maximum Gasteiger partial charge on any atom is 0.251 e. The molecule has 2 N–H and O–H groups in total. The molecule has 5 heteroatoms. The van der Waals surface area contributed by atoms with Gasteiger partial charge in [-0.05, 0) is 42.0 Å². The van der Waals surface area contributed by atoms with E-state index in [1.54, 1.807) is 30.3 Å². The first-order valence-corrected chi connectivity index (χ1v) is 7.77. The second kappa shape index (κ2) is 7.79. The van der Waals surface area contributed by atoms with Crippen LogP contribution in [0.25, 0.3) is 0 Å². The van der Waals surface area contributed by atoms with E-state index < -0.39 is 0 Å². The molecule has 4 nitrogen and oxygen atoms in total. The van der Waals surface area contributed by atoms with Crippen LogP contribution in [0, 0.1) is 5.92 Å². The monoisotopic (exact) mass is 330 g/mol. The SMILES string of the molecule is CC(C)C(=O)Nc1ccc(C(=O)NCc2cccc(Cl)c2)cc1. The first-order chi connectivity index (χ1) is 11.0. The highest BCUT2D eigenvalue weighted by Crippen LogP contribution is 2.12. The number of carbonyl (C=O) groups is 2. The van der Waals surface area contributed by atoms with Gasteiger partial charge in [-0.25, -0.2) is 0 Å². The minimum atomic E-state index is -0.174. The Morgan fingerprint density at radius 2 is 1.78 bits per heavy atom. The highest BCUT2D eigenvalue weighted by atomic mass is 35.5. The minimum absolute atomic E-state index is 0.0526. The van der Waals surface area contributed by atoms with Gasteiger partial charge in [0.1, 0.15) is 0 Å². The van der Waals surface area contributed by atoms with Crippen molar-refractivity contribution in [1.29, 1.82) is 0 Å². The maximum absolute atomic E-state index is 12.1. The summed E-state index contributed by atoms with van der Waals surface area (Å²) in [6.45, 7) is 4.06. The first-order valence-electron chi connectivity index (χ1n) is 7.39. The van der Waals surface area contributed by atoms with Crippen molar-refractivity contribution in [1.82, 2.24) is 5.32 Å². The van der Waals surface area contributed by atoms with Gasteiger partial charge in [0.15, 0.2) is 0 Å². The molecule has 0 aliphatic carbocycles. The highest BCUT2D eigenvalue weighted by Gasteiger charge is 2.09. The van der Waals surface area contributed by atoms with Gasteiger partial charge in [0.05, 0.1) is 0 Å². The van der Waals surface area contributed by atoms with Crippen molar-refractivity contribution in [3.8, 4) is 0 Å². The Kier molecular flexibility index (Phi) is 5.77. The van der Waals surface area contributed by atoms with Crippen LogP contribution in [0.4, 0.5) is 5.69 Å². The zero-order valence-electron chi connectivity index (χ0n) is 13.1. The number of hydrogen-bond donors (Lipinski definition) is 2. The number of anilines is 1. The molecule has 0 bridgehead atoms. The molecule has 0 aliphatic heterocycles. The molecule has 0 fully saturated rings. The van der Waals surface area contributed by atoms with Crippen molar-refractivity contribution in [2.24, 2.45) is 5.92 Å². The fraction of sp³-hybridized carbons (Fsp3) is 0.222. The van der Waals surface area contributed by atoms with Gasteiger partial charge < -0.3 is 10.6 Å². The molecule has 0 radical (unpaired) electrons. The van der Waals surface area contributed by atoms with Crippen LogP contribution < -0.4 is 10.6 Å². The number of rotatable bonds is 5. The Labute approximate surface area is 140 Å². The average molecular weight is 331 g/mol. The third kappa shape index (κ3) is 5.11. The number of nitrogens with one attached hydrogen (secondary N) is 2. The van der Waals surface area contributed by atoms with Crippen LogP contribution in [0.2, 0.25) is 5.02 Å². The van der Waals surface area contributed by atoms with Crippen molar-refractivity contribution < 1.29 is 9.59 Å². The van der Waals surface area contributed by atoms with Crippen molar-refractivity contribution in [3.63, 3.8) is 0 Å². The maximum atomic E-state index is 12.1. The standard InChI is InChI=1S/C18H19ClN2O2/c1-12(2)17(22)21-16-8-6-14(7-9-16)18(23)20-11-13-4-3-5-15(19)10-13/h3-10,12H,11H2,1-2H3,(H,20,23)(H,21,22). The van der Waals surface area contributed by atoms with E-state index in [1.165, 1.54) is 0 Å². The number of benzene rings is 2. The fourth-order valence-electron chi connectivity index (χ4n) is 1.92. The number of carbonyl (C=O) groups excluding carboxylic acids is 2. The summed E-state index contributed by atoms with van der Waals surface area (Å²) < 4.78 is 0. The van der Waals surface area contributed by atoms with E-state index in [-0.39, 0.29) is 17.7 Å². The molecule has 0 unspecified atom stereocenters. The van der Waals surface area contributed by atoms with Crippen LogP contribution in [0.5, 0.6) is 0 Å². The molecule has 0 aliphatic rings. The minimum Gasteiger partial charge on any atom is -0.348 e. The molecule has 2 aromatic rings. The van der Waals surface area contributed by atoms with Gasteiger partial charge in [-0.2, -0.15) is 0 Å². The third-order valence-corrected chi connectivity index (χ3v) is 3.52. The summed E-state index contributed by atoms with van der Waals surface area (Å²) in [7, 11) is 0. The molecule has 2 rings (SSSR count). The fourth-order valence-corrected chi connectivity index (χ4v) is 2.14. The molecule has 2 aromatic carbocycles. The van der Waals surface area contributed by atoms with E-state index in [1.807, 2.05) is 32.0 Å². The zero-order chi connectivity index (χ0) is 16.8. The van der Waals surface area contributed by atoms with Crippen LogP contribution in [-0.2, 0) is 11.3 Å². The highest BCUT2D eigenvalue weighted by molar-refractivity contribution is 6.30. The van der Waals surface area contributed by atoms with Gasteiger partial charge in [0.25, 0.3) is 5.91 Å². The number of hydrogen-bond acceptors (Lipinski definition) is 2. The molecular weight excluding hydrogens is 312 g/mol. The Morgan fingerprint density at radius 1 is 1.09 bits per heavy atom. The lowest BCUT2D eigenvalue weighted by atomic mass is 10.1. The number of amides is 2. The predicted molar refractivity (Wildman–Crippen MR) is 92.5 cm³/mol. The first kappa shape index (κ1) is 17.0. The topological polar surface area (TPSA) is 58.2 Å². The Morgan fingerprint density at radius 3 is 2.39 bits per heavy atom. The second-order valence-electron chi connectivity index (χ2n) is 5.53. The Bertz CT molecular complexity index is 696. The summed E-state index contributed by atoms with van der Waals surface area (Å²) in [6, 6.07) is 14.1. The van der Waals surface area contributed by atoms with Crippen LogP contribution in [0.1, 0.15) is 29.8 Å². The summed E-state index contributed by atoms with van der Waals surface area (Å²) in [5.41, 5.74) is 2.15. The molecular formula is C18H19ClN2O2. The van der Waals surface area contributed by atoms with Crippen molar-refractivity contribution in [2.75, 3.05) is 5.32 Å². The predicted octanol–water partition coefficient (Wildman–Crippen LogP) is 3.86. The zero-order valence-corrected chi connectivity index (χ0v) is 13.9. The summed E-state index contributed by atoms with van der Waals surface area (Å²) in [5.74, 6) is -0.314. The molecule has 23 heavy (non-hydrogen) atoms. The van der Waals surface area contributed by atoms with E-state index in [0.29, 0.717) is 22.8 Å². The lowest BCUT2D eigenvalue weighted by molar-refractivity contribution is -0.118. The van der Waals surface area contributed by atoms with Crippen LogP contribution in [-0.4, -0.2) is 11.8 Å². The van der Waals surface area contributed by atoms with Crippen molar-refractivity contribution in [2.45, 2.75) is 20.4 Å². The molecule has 2 amide bonds. The van der Waals surface area contributed by atoms with Crippen LogP contribution in [0.15, 0.2) is 48.5 Å². The van der Waals surface area contributed by atoms with Gasteiger partial charge in [-0.15, -0.1) is 0 Å². The summed E-state index contributed by atoms with van der Waals surface area (Å²) in [5, 5.41) is 6.26. The molecule has 0 saturated carbocycles. The molecule has 0 heterocycles. The van der Waals surface area contributed by atoms with E-state index in [0.717, 1.165) is 5.56 Å². The van der Waals surface area contributed by atoms with Crippen LogP contribution in [0.3, 0.4) is 0 Å². The summed E-state index contributed by atoms with van der Waals surface area (Å²) in [4.78, 5) is 23.7. The molecule has 0 aromatic heterocycles.